The molecule has 1 unspecified atom stereocenters. The van der Waals surface area contributed by atoms with Crippen LogP contribution in [-0.4, -0.2) is 31.1 Å². The molecule has 0 saturated carbocycles. The topological polar surface area (TPSA) is 64.3 Å². The molecule has 2 heterocycles. The molecule has 1 aliphatic rings. The Hall–Kier alpha value is -2.34. The molecule has 6 heteroatoms. The third kappa shape index (κ3) is 2.57. The van der Waals surface area contributed by atoms with E-state index >= 15 is 0 Å². The van der Waals surface area contributed by atoms with Gasteiger partial charge in [0.2, 0.25) is 0 Å². The van der Waals surface area contributed by atoms with Crippen LogP contribution in [0.15, 0.2) is 29.1 Å². The molecule has 2 N–H and O–H groups in total. The molecule has 1 aromatic heterocycles. The summed E-state index contributed by atoms with van der Waals surface area (Å²) in [4.78, 5) is 21.8. The number of rotatable bonds is 3. The molecule has 0 spiro atoms. The average Bonchev–Trinajstić information content (AvgIpc) is 2.74. The zero-order valence-electron chi connectivity index (χ0n) is 13.3. The van der Waals surface area contributed by atoms with Gasteiger partial charge in [-0.05, 0) is 24.6 Å². The minimum Gasteiger partial charge on any atom is -0.378 e. The average molecular weight is 299 g/mol. The molecule has 1 aliphatic heterocycles. The molecule has 0 amide bonds. The summed E-state index contributed by atoms with van der Waals surface area (Å²) in [5.74, 6) is 0.699. The molecule has 22 heavy (non-hydrogen) atoms. The second-order valence-electron chi connectivity index (χ2n) is 5.89. The molecule has 0 radical (unpaired) electrons. The minimum atomic E-state index is -0.0933. The van der Waals surface area contributed by atoms with E-state index < -0.39 is 0 Å². The SMILES string of the molecule is CC1NN(C)c2c1nc(Cc1ccc(N(C)C)cc1)[nH]c2=O. The molecule has 0 fully saturated rings. The molecule has 3 rings (SSSR count). The Morgan fingerprint density at radius 1 is 1.27 bits per heavy atom. The molecular weight excluding hydrogens is 278 g/mol. The van der Waals surface area contributed by atoms with Crippen molar-refractivity contribution in [2.75, 3.05) is 31.1 Å². The van der Waals surface area contributed by atoms with Crippen LogP contribution >= 0.6 is 0 Å². The zero-order chi connectivity index (χ0) is 15.9. The van der Waals surface area contributed by atoms with Crippen LogP contribution in [0.5, 0.6) is 0 Å². The van der Waals surface area contributed by atoms with Gasteiger partial charge in [0.15, 0.2) is 0 Å². The summed E-state index contributed by atoms with van der Waals surface area (Å²) in [5.41, 5.74) is 6.78. The number of aromatic nitrogens is 2. The van der Waals surface area contributed by atoms with E-state index in [1.807, 2.05) is 28.1 Å². The number of hydrazine groups is 1. The number of aromatic amines is 1. The van der Waals surface area contributed by atoms with Crippen LogP contribution in [0.25, 0.3) is 0 Å². The fourth-order valence-electron chi connectivity index (χ4n) is 2.76. The van der Waals surface area contributed by atoms with Gasteiger partial charge in [0.1, 0.15) is 11.5 Å². The lowest BCUT2D eigenvalue weighted by atomic mass is 10.1. The number of nitrogens with one attached hydrogen (secondary N) is 2. The van der Waals surface area contributed by atoms with Gasteiger partial charge in [-0.3, -0.25) is 4.79 Å². The van der Waals surface area contributed by atoms with Crippen molar-refractivity contribution in [3.8, 4) is 0 Å². The van der Waals surface area contributed by atoms with Gasteiger partial charge in [-0.1, -0.05) is 12.1 Å². The lowest BCUT2D eigenvalue weighted by Gasteiger charge is -2.13. The first-order valence-electron chi connectivity index (χ1n) is 7.35. The van der Waals surface area contributed by atoms with Crippen molar-refractivity contribution in [3.63, 3.8) is 0 Å². The van der Waals surface area contributed by atoms with Gasteiger partial charge in [0.05, 0.1) is 11.7 Å². The fourth-order valence-corrected chi connectivity index (χ4v) is 2.76. The molecule has 0 saturated heterocycles. The monoisotopic (exact) mass is 299 g/mol. The van der Waals surface area contributed by atoms with Gasteiger partial charge >= 0.3 is 0 Å². The smallest absolute Gasteiger partial charge is 0.276 e. The first-order chi connectivity index (χ1) is 10.5. The Bertz CT molecular complexity index is 735. The summed E-state index contributed by atoms with van der Waals surface area (Å²) in [7, 11) is 5.86. The number of nitrogens with zero attached hydrogens (tertiary/aromatic N) is 3. The first-order valence-corrected chi connectivity index (χ1v) is 7.35. The van der Waals surface area contributed by atoms with Crippen molar-refractivity contribution in [1.82, 2.24) is 15.4 Å². The molecule has 1 atom stereocenters. The van der Waals surface area contributed by atoms with Crippen molar-refractivity contribution in [2.24, 2.45) is 0 Å². The Morgan fingerprint density at radius 2 is 1.95 bits per heavy atom. The number of hydrogen-bond acceptors (Lipinski definition) is 5. The summed E-state index contributed by atoms with van der Waals surface area (Å²) in [6.07, 6.45) is 0.618. The minimum absolute atomic E-state index is 0.0529. The van der Waals surface area contributed by atoms with Crippen LogP contribution in [0.4, 0.5) is 11.4 Å². The van der Waals surface area contributed by atoms with E-state index in [0.29, 0.717) is 17.9 Å². The first kappa shape index (κ1) is 14.6. The molecule has 6 nitrogen and oxygen atoms in total. The highest BCUT2D eigenvalue weighted by Crippen LogP contribution is 2.26. The number of benzene rings is 1. The number of H-pyrrole nitrogens is 1. The molecule has 0 bridgehead atoms. The Morgan fingerprint density at radius 3 is 2.59 bits per heavy atom. The van der Waals surface area contributed by atoms with E-state index in [4.69, 9.17) is 0 Å². The summed E-state index contributed by atoms with van der Waals surface area (Å²) in [6.45, 7) is 2.00. The van der Waals surface area contributed by atoms with Crippen LogP contribution in [0.1, 0.15) is 30.0 Å². The van der Waals surface area contributed by atoms with Crippen LogP contribution in [0.3, 0.4) is 0 Å². The van der Waals surface area contributed by atoms with Gasteiger partial charge in [-0.25, -0.2) is 10.4 Å². The quantitative estimate of drug-likeness (QED) is 0.898. The van der Waals surface area contributed by atoms with Crippen molar-refractivity contribution in [1.29, 1.82) is 0 Å². The maximum Gasteiger partial charge on any atom is 0.276 e. The highest BCUT2D eigenvalue weighted by Gasteiger charge is 2.27. The lowest BCUT2D eigenvalue weighted by Crippen LogP contribution is -2.31. The molecule has 0 aliphatic carbocycles. The highest BCUT2D eigenvalue weighted by atomic mass is 16.1. The standard InChI is InChI=1S/C16H21N5O/c1-10-14-15(21(4)19-10)16(22)18-13(17-14)9-11-5-7-12(8-6-11)20(2)3/h5-8,10,19H,9H2,1-4H3,(H,17,18,22). The summed E-state index contributed by atoms with van der Waals surface area (Å²) < 4.78 is 0. The number of anilines is 2. The zero-order valence-corrected chi connectivity index (χ0v) is 13.3. The normalized spacial score (nSPS) is 16.7. The largest absolute Gasteiger partial charge is 0.378 e. The van der Waals surface area contributed by atoms with E-state index in [2.05, 4.69) is 44.6 Å². The third-order valence-corrected chi connectivity index (χ3v) is 3.93. The number of fused-ring (bicyclic) bond motifs is 1. The summed E-state index contributed by atoms with van der Waals surface area (Å²) >= 11 is 0. The predicted octanol–water partition coefficient (Wildman–Crippen LogP) is 1.44. The Balaban J connectivity index is 1.89. The van der Waals surface area contributed by atoms with E-state index in [-0.39, 0.29) is 11.6 Å². The van der Waals surface area contributed by atoms with Gasteiger partial charge in [0.25, 0.3) is 5.56 Å². The summed E-state index contributed by atoms with van der Waals surface area (Å²) in [6, 6.07) is 8.32. The lowest BCUT2D eigenvalue weighted by molar-refractivity contribution is 0.606. The van der Waals surface area contributed by atoms with Crippen molar-refractivity contribution >= 4 is 11.4 Å². The van der Waals surface area contributed by atoms with Gasteiger partial charge in [-0.2, -0.15) is 0 Å². The fraction of sp³-hybridized carbons (Fsp3) is 0.375. The molecular formula is C16H21N5O. The molecule has 116 valence electrons. The third-order valence-electron chi connectivity index (χ3n) is 3.93. The maximum atomic E-state index is 12.2. The highest BCUT2D eigenvalue weighted by molar-refractivity contribution is 5.53. The second kappa shape index (κ2) is 5.46. The van der Waals surface area contributed by atoms with E-state index in [1.54, 1.807) is 5.01 Å². The van der Waals surface area contributed by atoms with Crippen molar-refractivity contribution in [2.45, 2.75) is 19.4 Å². The summed E-state index contributed by atoms with van der Waals surface area (Å²) in [5, 5.41) is 1.74. The van der Waals surface area contributed by atoms with E-state index in [0.717, 1.165) is 16.9 Å². The van der Waals surface area contributed by atoms with Crippen LogP contribution in [0.2, 0.25) is 0 Å². The Labute approximate surface area is 129 Å². The second-order valence-corrected chi connectivity index (χ2v) is 5.89. The van der Waals surface area contributed by atoms with E-state index in [9.17, 15) is 4.79 Å². The van der Waals surface area contributed by atoms with Gasteiger partial charge in [0, 0.05) is 33.3 Å². The predicted molar refractivity (Wildman–Crippen MR) is 88.4 cm³/mol. The molecule has 2 aromatic rings. The van der Waals surface area contributed by atoms with Crippen LogP contribution < -0.4 is 20.9 Å². The number of hydrogen-bond donors (Lipinski definition) is 2. The van der Waals surface area contributed by atoms with Crippen molar-refractivity contribution < 1.29 is 0 Å². The van der Waals surface area contributed by atoms with Gasteiger partial charge in [-0.15, -0.1) is 0 Å². The van der Waals surface area contributed by atoms with Gasteiger partial charge < -0.3 is 14.9 Å². The molecule has 1 aromatic carbocycles. The van der Waals surface area contributed by atoms with E-state index in [1.165, 1.54) is 0 Å². The van der Waals surface area contributed by atoms with Crippen LogP contribution in [-0.2, 0) is 6.42 Å². The maximum absolute atomic E-state index is 12.2. The van der Waals surface area contributed by atoms with Crippen LogP contribution in [0, 0.1) is 0 Å². The Kier molecular flexibility index (Phi) is 3.62. The van der Waals surface area contributed by atoms with Crippen molar-refractivity contribution in [3.05, 3.63) is 51.7 Å².